The lowest BCUT2D eigenvalue weighted by Crippen LogP contribution is -2.39. The quantitative estimate of drug-likeness (QED) is 0.438. The Kier molecular flexibility index (Phi) is 8.25. The van der Waals surface area contributed by atoms with Gasteiger partial charge in [-0.25, -0.2) is 4.99 Å². The van der Waals surface area contributed by atoms with Crippen LogP contribution in [0.5, 0.6) is 0 Å². The third-order valence-electron chi connectivity index (χ3n) is 2.33. The van der Waals surface area contributed by atoms with Crippen molar-refractivity contribution in [1.29, 1.82) is 0 Å². The van der Waals surface area contributed by atoms with Crippen LogP contribution in [0.1, 0.15) is 26.3 Å². The van der Waals surface area contributed by atoms with E-state index in [2.05, 4.69) is 53.2 Å². The van der Waals surface area contributed by atoms with Crippen molar-refractivity contribution in [2.24, 2.45) is 10.9 Å². The van der Waals surface area contributed by atoms with Crippen LogP contribution in [0, 0.1) is 5.92 Å². The molecule has 0 amide bonds. The molecular weight excluding hydrogens is 258 g/mol. The molecule has 1 heterocycles. The molecule has 0 saturated heterocycles. The van der Waals surface area contributed by atoms with E-state index in [9.17, 15) is 0 Å². The van der Waals surface area contributed by atoms with Gasteiger partial charge in [-0.1, -0.05) is 13.8 Å². The number of hydrogen-bond acceptors (Lipinski definition) is 3. The fourth-order valence-corrected chi connectivity index (χ4v) is 2.12. The van der Waals surface area contributed by atoms with Gasteiger partial charge in [0.1, 0.15) is 0 Å². The topological polar surface area (TPSA) is 45.7 Å². The van der Waals surface area contributed by atoms with Gasteiger partial charge < -0.3 is 15.4 Å². The molecule has 1 aromatic rings. The highest BCUT2D eigenvalue weighted by Crippen LogP contribution is 2.06. The first-order chi connectivity index (χ1) is 9.22. The SMILES string of the molecule is CCNC(=NCc1ccsc1)NCCOCC(C)C. The summed E-state index contributed by atoms with van der Waals surface area (Å²) in [6.07, 6.45) is 0. The maximum atomic E-state index is 5.53. The number of ether oxygens (including phenoxy) is 1. The van der Waals surface area contributed by atoms with Gasteiger partial charge >= 0.3 is 0 Å². The minimum absolute atomic E-state index is 0.584. The summed E-state index contributed by atoms with van der Waals surface area (Å²) in [7, 11) is 0. The van der Waals surface area contributed by atoms with E-state index in [1.807, 2.05) is 0 Å². The van der Waals surface area contributed by atoms with E-state index in [-0.39, 0.29) is 0 Å². The van der Waals surface area contributed by atoms with Crippen LogP contribution in [0.2, 0.25) is 0 Å². The zero-order valence-electron chi connectivity index (χ0n) is 12.1. The summed E-state index contributed by atoms with van der Waals surface area (Å²) in [5.74, 6) is 1.43. The van der Waals surface area contributed by atoms with Crippen LogP contribution < -0.4 is 10.6 Å². The van der Waals surface area contributed by atoms with Gasteiger partial charge in [-0.3, -0.25) is 0 Å². The van der Waals surface area contributed by atoms with Crippen LogP contribution in [0.25, 0.3) is 0 Å². The zero-order chi connectivity index (χ0) is 13.9. The van der Waals surface area contributed by atoms with E-state index in [1.165, 1.54) is 5.56 Å². The van der Waals surface area contributed by atoms with Gasteiger partial charge in [-0.2, -0.15) is 11.3 Å². The van der Waals surface area contributed by atoms with Crippen LogP contribution in [0.4, 0.5) is 0 Å². The largest absolute Gasteiger partial charge is 0.379 e. The summed E-state index contributed by atoms with van der Waals surface area (Å²) < 4.78 is 5.53. The molecular formula is C14H25N3OS. The molecule has 0 fully saturated rings. The second kappa shape index (κ2) is 9.81. The van der Waals surface area contributed by atoms with E-state index >= 15 is 0 Å². The molecule has 1 rings (SSSR count). The maximum Gasteiger partial charge on any atom is 0.191 e. The van der Waals surface area contributed by atoms with Gasteiger partial charge in [0.15, 0.2) is 5.96 Å². The smallest absolute Gasteiger partial charge is 0.191 e. The zero-order valence-corrected chi connectivity index (χ0v) is 12.9. The molecule has 0 aliphatic carbocycles. The van der Waals surface area contributed by atoms with Crippen molar-refractivity contribution in [3.63, 3.8) is 0 Å². The molecule has 108 valence electrons. The standard InChI is InChI=1S/C14H25N3OS/c1-4-15-14(16-6-7-18-10-12(2)3)17-9-13-5-8-19-11-13/h5,8,11-12H,4,6-7,9-10H2,1-3H3,(H2,15,16,17). The number of hydrogen-bond donors (Lipinski definition) is 2. The van der Waals surface area contributed by atoms with E-state index in [0.29, 0.717) is 19.1 Å². The third kappa shape index (κ3) is 7.85. The maximum absolute atomic E-state index is 5.53. The monoisotopic (exact) mass is 283 g/mol. The first-order valence-corrected chi connectivity index (χ1v) is 7.77. The fourth-order valence-electron chi connectivity index (χ4n) is 1.46. The Morgan fingerprint density at radius 2 is 2.26 bits per heavy atom. The predicted octanol–water partition coefficient (Wildman–Crippen LogP) is 2.48. The van der Waals surface area contributed by atoms with Crippen molar-refractivity contribution in [3.05, 3.63) is 22.4 Å². The normalized spacial score (nSPS) is 11.9. The van der Waals surface area contributed by atoms with Crippen LogP contribution >= 0.6 is 11.3 Å². The minimum Gasteiger partial charge on any atom is -0.379 e. The summed E-state index contributed by atoms with van der Waals surface area (Å²) in [6, 6.07) is 2.10. The lowest BCUT2D eigenvalue weighted by molar-refractivity contribution is 0.114. The molecule has 0 bridgehead atoms. The molecule has 1 aromatic heterocycles. The van der Waals surface area contributed by atoms with E-state index < -0.39 is 0 Å². The number of rotatable bonds is 8. The molecule has 0 aromatic carbocycles. The Bertz CT molecular complexity index is 350. The summed E-state index contributed by atoms with van der Waals surface area (Å²) in [4.78, 5) is 4.53. The molecule has 4 nitrogen and oxygen atoms in total. The van der Waals surface area contributed by atoms with Crippen molar-refractivity contribution >= 4 is 17.3 Å². The van der Waals surface area contributed by atoms with Crippen molar-refractivity contribution in [2.45, 2.75) is 27.3 Å². The second-order valence-corrected chi connectivity index (χ2v) is 5.50. The van der Waals surface area contributed by atoms with Gasteiger partial charge in [0.2, 0.25) is 0 Å². The van der Waals surface area contributed by atoms with Crippen molar-refractivity contribution < 1.29 is 4.74 Å². The van der Waals surface area contributed by atoms with E-state index in [0.717, 1.165) is 25.7 Å². The van der Waals surface area contributed by atoms with Crippen LogP contribution in [0.15, 0.2) is 21.8 Å². The number of guanidine groups is 1. The lowest BCUT2D eigenvalue weighted by Gasteiger charge is -2.12. The van der Waals surface area contributed by atoms with Gasteiger partial charge in [0.05, 0.1) is 13.2 Å². The van der Waals surface area contributed by atoms with Gasteiger partial charge in [-0.05, 0) is 35.2 Å². The first-order valence-electron chi connectivity index (χ1n) is 6.83. The Hall–Kier alpha value is -1.07. The molecule has 0 saturated carbocycles. The highest BCUT2D eigenvalue weighted by atomic mass is 32.1. The van der Waals surface area contributed by atoms with Gasteiger partial charge in [0.25, 0.3) is 0 Å². The highest BCUT2D eigenvalue weighted by Gasteiger charge is 1.98. The van der Waals surface area contributed by atoms with E-state index in [4.69, 9.17) is 4.74 Å². The molecule has 0 spiro atoms. The molecule has 0 unspecified atom stereocenters. The third-order valence-corrected chi connectivity index (χ3v) is 3.07. The summed E-state index contributed by atoms with van der Waals surface area (Å²) in [5.41, 5.74) is 1.25. The Morgan fingerprint density at radius 1 is 1.42 bits per heavy atom. The van der Waals surface area contributed by atoms with Gasteiger partial charge in [-0.15, -0.1) is 0 Å². The number of thiophene rings is 1. The van der Waals surface area contributed by atoms with Crippen molar-refractivity contribution in [2.75, 3.05) is 26.3 Å². The molecule has 0 aliphatic heterocycles. The first kappa shape index (κ1) is 16.0. The molecule has 0 radical (unpaired) electrons. The average Bonchev–Trinajstić information content (AvgIpc) is 2.88. The van der Waals surface area contributed by atoms with Crippen LogP contribution in [-0.2, 0) is 11.3 Å². The lowest BCUT2D eigenvalue weighted by atomic mass is 10.2. The molecule has 2 N–H and O–H groups in total. The van der Waals surface area contributed by atoms with Gasteiger partial charge in [0, 0.05) is 19.7 Å². The average molecular weight is 283 g/mol. The Morgan fingerprint density at radius 3 is 2.89 bits per heavy atom. The molecule has 19 heavy (non-hydrogen) atoms. The van der Waals surface area contributed by atoms with Crippen LogP contribution in [0.3, 0.4) is 0 Å². The minimum atomic E-state index is 0.584. The number of aliphatic imine (C=N–C) groups is 1. The summed E-state index contributed by atoms with van der Waals surface area (Å²) in [6.45, 7) is 10.2. The Balaban J connectivity index is 2.25. The fraction of sp³-hybridized carbons (Fsp3) is 0.643. The summed E-state index contributed by atoms with van der Waals surface area (Å²) in [5, 5.41) is 10.7. The number of nitrogens with one attached hydrogen (secondary N) is 2. The van der Waals surface area contributed by atoms with Crippen molar-refractivity contribution in [1.82, 2.24) is 10.6 Å². The number of nitrogens with zero attached hydrogens (tertiary/aromatic N) is 1. The highest BCUT2D eigenvalue weighted by molar-refractivity contribution is 7.07. The predicted molar refractivity (Wildman–Crippen MR) is 82.8 cm³/mol. The van der Waals surface area contributed by atoms with Crippen molar-refractivity contribution in [3.8, 4) is 0 Å². The molecule has 0 aliphatic rings. The second-order valence-electron chi connectivity index (χ2n) is 4.72. The van der Waals surface area contributed by atoms with E-state index in [1.54, 1.807) is 11.3 Å². The summed E-state index contributed by atoms with van der Waals surface area (Å²) >= 11 is 1.70. The molecule has 0 atom stereocenters. The Labute approximate surface area is 120 Å². The molecule has 5 heteroatoms. The van der Waals surface area contributed by atoms with Crippen LogP contribution in [-0.4, -0.2) is 32.3 Å².